The van der Waals surface area contributed by atoms with Crippen molar-refractivity contribution in [2.45, 2.75) is 37.5 Å². The number of ether oxygens (including phenoxy) is 1. The second-order valence-electron chi connectivity index (χ2n) is 4.18. The zero-order valence-corrected chi connectivity index (χ0v) is 10.6. The van der Waals surface area contributed by atoms with Gasteiger partial charge in [0.25, 0.3) is 0 Å². The van der Waals surface area contributed by atoms with Crippen LogP contribution in [0, 0.1) is 0 Å². The van der Waals surface area contributed by atoms with Crippen LogP contribution in [0.3, 0.4) is 0 Å². The first-order valence-corrected chi connectivity index (χ1v) is 5.58. The Hall–Kier alpha value is -0.770. The van der Waals surface area contributed by atoms with Crippen molar-refractivity contribution in [1.82, 2.24) is 10.4 Å². The lowest BCUT2D eigenvalue weighted by molar-refractivity contribution is -0.295. The normalized spacial score (nSPS) is 36.7. The first kappa shape index (κ1) is 15.3. The Kier molecular flexibility index (Phi) is 5.45. The van der Waals surface area contributed by atoms with Crippen LogP contribution in [-0.4, -0.2) is 77.6 Å². The molecule has 4 N–H and O–H groups in total. The minimum atomic E-state index is -1.28. The molecule has 0 spiro atoms. The Morgan fingerprint density at radius 1 is 1.44 bits per heavy atom. The standard InChI is InChI=1S/C10H20N2O6/c1-5(14)11-7-9(16)8(15)6(4-13)18-10(7)12(2)17-3/h6-10,13,15-16H,4H2,1-3H3,(H,11,14)/t6?,7?,8-,9+,10-/m0/s1. The van der Waals surface area contributed by atoms with Crippen molar-refractivity contribution in [3.05, 3.63) is 0 Å². The van der Waals surface area contributed by atoms with Crippen LogP contribution in [0.15, 0.2) is 0 Å². The number of carbonyl (C=O) groups excluding carboxylic acids is 1. The number of likely N-dealkylation sites (N-methyl/N-ethyl adjacent to an activating group) is 1. The van der Waals surface area contributed by atoms with Crippen LogP contribution in [0.25, 0.3) is 0 Å². The molecule has 18 heavy (non-hydrogen) atoms. The number of hydrogen-bond donors (Lipinski definition) is 4. The van der Waals surface area contributed by atoms with Crippen molar-refractivity contribution < 1.29 is 29.7 Å². The van der Waals surface area contributed by atoms with Gasteiger partial charge >= 0.3 is 0 Å². The number of carbonyl (C=O) groups is 1. The van der Waals surface area contributed by atoms with Crippen LogP contribution in [0.5, 0.6) is 0 Å². The molecule has 1 fully saturated rings. The zero-order valence-electron chi connectivity index (χ0n) is 10.6. The summed E-state index contributed by atoms with van der Waals surface area (Å²) in [5.74, 6) is -0.369. The van der Waals surface area contributed by atoms with E-state index < -0.39 is 37.2 Å². The third-order valence-corrected chi connectivity index (χ3v) is 2.92. The van der Waals surface area contributed by atoms with Gasteiger partial charge in [-0.05, 0) is 0 Å². The summed E-state index contributed by atoms with van der Waals surface area (Å²) in [4.78, 5) is 16.1. The maximum absolute atomic E-state index is 11.1. The Balaban J connectivity index is 2.90. The van der Waals surface area contributed by atoms with Crippen LogP contribution in [0.4, 0.5) is 0 Å². The minimum Gasteiger partial charge on any atom is -0.394 e. The number of nitrogens with one attached hydrogen (secondary N) is 1. The summed E-state index contributed by atoms with van der Waals surface area (Å²) in [6.45, 7) is 0.847. The molecule has 0 saturated carbocycles. The second kappa shape index (κ2) is 6.41. The smallest absolute Gasteiger partial charge is 0.217 e. The molecule has 2 unspecified atom stereocenters. The van der Waals surface area contributed by atoms with Gasteiger partial charge in [-0.3, -0.25) is 9.63 Å². The molecule has 1 rings (SSSR count). The highest BCUT2D eigenvalue weighted by Crippen LogP contribution is 2.23. The first-order chi connectivity index (χ1) is 8.42. The lowest BCUT2D eigenvalue weighted by Crippen LogP contribution is -2.67. The molecular formula is C10H20N2O6. The van der Waals surface area contributed by atoms with E-state index in [9.17, 15) is 15.0 Å². The fourth-order valence-corrected chi connectivity index (χ4v) is 1.90. The monoisotopic (exact) mass is 264 g/mol. The molecule has 0 radical (unpaired) electrons. The van der Waals surface area contributed by atoms with E-state index in [0.717, 1.165) is 0 Å². The summed E-state index contributed by atoms with van der Waals surface area (Å²) < 4.78 is 5.41. The summed E-state index contributed by atoms with van der Waals surface area (Å²) in [5, 5.41) is 32.6. The number of rotatable bonds is 4. The van der Waals surface area contributed by atoms with Crippen LogP contribution in [-0.2, 0) is 14.4 Å². The maximum atomic E-state index is 11.1. The number of nitrogens with zero attached hydrogens (tertiary/aromatic N) is 1. The molecule has 1 saturated heterocycles. The average Bonchev–Trinajstić information content (AvgIpc) is 2.34. The van der Waals surface area contributed by atoms with Crippen molar-refractivity contribution in [2.75, 3.05) is 20.8 Å². The molecule has 0 aromatic rings. The highest BCUT2D eigenvalue weighted by atomic mass is 16.7. The van der Waals surface area contributed by atoms with Gasteiger partial charge in [0.05, 0.1) is 19.8 Å². The minimum absolute atomic E-state index is 0.369. The second-order valence-corrected chi connectivity index (χ2v) is 4.18. The van der Waals surface area contributed by atoms with Gasteiger partial charge in [0.2, 0.25) is 5.91 Å². The quantitative estimate of drug-likeness (QED) is 0.413. The molecule has 1 amide bonds. The first-order valence-electron chi connectivity index (χ1n) is 5.58. The average molecular weight is 264 g/mol. The van der Waals surface area contributed by atoms with E-state index in [1.54, 1.807) is 7.05 Å². The van der Waals surface area contributed by atoms with Gasteiger partial charge in [-0.2, -0.15) is 5.06 Å². The molecule has 0 bridgehead atoms. The summed E-state index contributed by atoms with van der Waals surface area (Å²) in [6.07, 6.45) is -4.29. The van der Waals surface area contributed by atoms with E-state index in [2.05, 4.69) is 5.32 Å². The van der Waals surface area contributed by atoms with Crippen LogP contribution < -0.4 is 5.32 Å². The molecule has 106 valence electrons. The molecule has 0 aromatic heterocycles. The molecule has 1 aliphatic rings. The summed E-state index contributed by atoms with van der Waals surface area (Å²) >= 11 is 0. The largest absolute Gasteiger partial charge is 0.394 e. The summed E-state index contributed by atoms with van der Waals surface area (Å²) in [7, 11) is 2.96. The fraction of sp³-hybridized carbons (Fsp3) is 0.900. The lowest BCUT2D eigenvalue weighted by atomic mass is 9.96. The molecule has 0 aromatic carbocycles. The van der Waals surface area contributed by atoms with Gasteiger partial charge < -0.3 is 25.4 Å². The van der Waals surface area contributed by atoms with Gasteiger partial charge in [-0.1, -0.05) is 0 Å². The Bertz CT molecular complexity index is 290. The summed E-state index contributed by atoms with van der Waals surface area (Å²) in [5.41, 5.74) is 0. The molecule has 8 heteroatoms. The van der Waals surface area contributed by atoms with Crippen molar-refractivity contribution >= 4 is 5.91 Å². The van der Waals surface area contributed by atoms with E-state index >= 15 is 0 Å². The molecule has 1 aliphatic heterocycles. The Morgan fingerprint density at radius 3 is 2.50 bits per heavy atom. The highest BCUT2D eigenvalue weighted by molar-refractivity contribution is 5.73. The SMILES string of the molecule is CON(C)[C@H]1OC(CO)[C@H](O)[C@H](O)C1NC(C)=O. The molecule has 8 nitrogen and oxygen atoms in total. The zero-order chi connectivity index (χ0) is 13.9. The lowest BCUT2D eigenvalue weighted by Gasteiger charge is -2.44. The number of amides is 1. The number of hydroxylamine groups is 2. The van der Waals surface area contributed by atoms with Crippen LogP contribution in [0.2, 0.25) is 0 Å². The van der Waals surface area contributed by atoms with E-state index in [1.807, 2.05) is 0 Å². The fourth-order valence-electron chi connectivity index (χ4n) is 1.90. The van der Waals surface area contributed by atoms with Gasteiger partial charge in [-0.15, -0.1) is 0 Å². The molecular weight excluding hydrogens is 244 g/mol. The van der Waals surface area contributed by atoms with Gasteiger partial charge in [0.15, 0.2) is 6.23 Å². The van der Waals surface area contributed by atoms with Crippen molar-refractivity contribution in [2.24, 2.45) is 0 Å². The van der Waals surface area contributed by atoms with Crippen molar-refractivity contribution in [1.29, 1.82) is 0 Å². The predicted molar refractivity (Wildman–Crippen MR) is 60.1 cm³/mol. The van der Waals surface area contributed by atoms with E-state index in [4.69, 9.17) is 14.7 Å². The van der Waals surface area contributed by atoms with E-state index in [0.29, 0.717) is 0 Å². The van der Waals surface area contributed by atoms with E-state index in [-0.39, 0.29) is 5.91 Å². The maximum Gasteiger partial charge on any atom is 0.217 e. The number of aliphatic hydroxyl groups is 3. The molecule has 5 atom stereocenters. The number of aliphatic hydroxyl groups excluding tert-OH is 3. The molecule has 1 heterocycles. The van der Waals surface area contributed by atoms with Gasteiger partial charge in [-0.25, -0.2) is 0 Å². The van der Waals surface area contributed by atoms with Gasteiger partial charge in [0, 0.05) is 14.0 Å². The van der Waals surface area contributed by atoms with Crippen LogP contribution >= 0.6 is 0 Å². The highest BCUT2D eigenvalue weighted by Gasteiger charge is 2.46. The topological polar surface area (TPSA) is 111 Å². The summed E-state index contributed by atoms with van der Waals surface area (Å²) in [6, 6.07) is -0.856. The third kappa shape index (κ3) is 3.16. The van der Waals surface area contributed by atoms with Crippen molar-refractivity contribution in [3.63, 3.8) is 0 Å². The van der Waals surface area contributed by atoms with Crippen LogP contribution in [0.1, 0.15) is 6.92 Å². The Labute approximate surface area is 105 Å². The number of hydrogen-bond acceptors (Lipinski definition) is 7. The van der Waals surface area contributed by atoms with Gasteiger partial charge in [0.1, 0.15) is 18.3 Å². The van der Waals surface area contributed by atoms with Crippen molar-refractivity contribution in [3.8, 4) is 0 Å². The Morgan fingerprint density at radius 2 is 2.06 bits per heavy atom. The molecule has 0 aliphatic carbocycles. The van der Waals surface area contributed by atoms with E-state index in [1.165, 1.54) is 19.1 Å². The predicted octanol–water partition coefficient (Wildman–Crippen LogP) is -2.58. The third-order valence-electron chi connectivity index (χ3n) is 2.92.